The molecule has 0 bridgehead atoms. The molecule has 7 aromatic carbocycles. The van der Waals surface area contributed by atoms with Crippen molar-refractivity contribution in [1.29, 1.82) is 0 Å². The Balaban J connectivity index is 0.992. The summed E-state index contributed by atoms with van der Waals surface area (Å²) in [7, 11) is 0. The molecule has 1 unspecified atom stereocenters. The van der Waals surface area contributed by atoms with E-state index in [1.807, 2.05) is 45.3 Å². The zero-order valence-electron chi connectivity index (χ0n) is 28.8. The Morgan fingerprint density at radius 3 is 1.47 bits per heavy atom. The Labute approximate surface area is 322 Å². The van der Waals surface area contributed by atoms with Crippen molar-refractivity contribution in [3.8, 4) is 11.1 Å². The predicted molar refractivity (Wildman–Crippen MR) is 239 cm³/mol. The molecule has 4 heterocycles. The van der Waals surface area contributed by atoms with Gasteiger partial charge in [-0.2, -0.15) is 0 Å². The summed E-state index contributed by atoms with van der Waals surface area (Å²) in [6, 6.07) is 50.8. The number of allylic oxidation sites excluding steroid dienone is 4. The molecule has 0 fully saturated rings. The predicted octanol–water partition coefficient (Wildman–Crippen LogP) is 16.1. The molecule has 4 aromatic heterocycles. The number of thiophene rings is 4. The standard InChI is InChI=1S/C49H30S4/c1-49(21-9-8-13-39(49)29-18-20-44-34(23-29)38-27-46-36(25-48(38)53-44)32-12-4-7-16-42(32)51-46)40-14-5-2-10-30(40)28-17-19-43-33(22-28)37-26-45-35(24-47(37)52-43)31-11-3-6-15-41(31)50-45/h2-20,22-27H,21H2,1H3. The van der Waals surface area contributed by atoms with Crippen LogP contribution in [-0.2, 0) is 5.41 Å². The van der Waals surface area contributed by atoms with Crippen molar-refractivity contribution in [2.24, 2.45) is 0 Å². The van der Waals surface area contributed by atoms with Gasteiger partial charge in [0.15, 0.2) is 0 Å². The summed E-state index contributed by atoms with van der Waals surface area (Å²) in [6.45, 7) is 2.45. The normalized spacial score (nSPS) is 16.4. The lowest BCUT2D eigenvalue weighted by Crippen LogP contribution is -2.25. The van der Waals surface area contributed by atoms with E-state index < -0.39 is 0 Å². The van der Waals surface area contributed by atoms with E-state index >= 15 is 0 Å². The van der Waals surface area contributed by atoms with E-state index in [0.29, 0.717) is 0 Å². The van der Waals surface area contributed by atoms with Crippen molar-refractivity contribution < 1.29 is 0 Å². The fraction of sp³-hybridized carbons (Fsp3) is 0.0612. The summed E-state index contributed by atoms with van der Waals surface area (Å²) in [5, 5.41) is 10.9. The number of hydrogen-bond acceptors (Lipinski definition) is 4. The monoisotopic (exact) mass is 746 g/mol. The van der Waals surface area contributed by atoms with Gasteiger partial charge in [0.2, 0.25) is 0 Å². The minimum Gasteiger partial charge on any atom is -0.135 e. The lowest BCUT2D eigenvalue weighted by Gasteiger charge is -2.36. The van der Waals surface area contributed by atoms with Gasteiger partial charge in [0.1, 0.15) is 0 Å². The summed E-state index contributed by atoms with van der Waals surface area (Å²) in [5.74, 6) is 0. The summed E-state index contributed by atoms with van der Waals surface area (Å²) in [5.41, 5.74) is 6.47. The highest BCUT2D eigenvalue weighted by atomic mass is 32.1. The van der Waals surface area contributed by atoms with Crippen molar-refractivity contribution in [3.05, 3.63) is 163 Å². The second kappa shape index (κ2) is 11.2. The maximum absolute atomic E-state index is 2.47. The molecule has 0 radical (unpaired) electrons. The van der Waals surface area contributed by atoms with Gasteiger partial charge in [0.05, 0.1) is 0 Å². The van der Waals surface area contributed by atoms with Crippen molar-refractivity contribution in [2.45, 2.75) is 18.8 Å². The van der Waals surface area contributed by atoms with Crippen LogP contribution in [0.4, 0.5) is 0 Å². The van der Waals surface area contributed by atoms with Gasteiger partial charge in [-0.3, -0.25) is 0 Å². The van der Waals surface area contributed by atoms with Gasteiger partial charge in [-0.25, -0.2) is 0 Å². The fourth-order valence-corrected chi connectivity index (χ4v) is 13.4. The zero-order chi connectivity index (χ0) is 34.8. The van der Waals surface area contributed by atoms with Crippen molar-refractivity contribution in [2.75, 3.05) is 0 Å². The molecule has 1 aliphatic rings. The van der Waals surface area contributed by atoms with Crippen molar-refractivity contribution in [1.82, 2.24) is 0 Å². The zero-order valence-corrected chi connectivity index (χ0v) is 32.0. The van der Waals surface area contributed by atoms with Gasteiger partial charge in [0.25, 0.3) is 0 Å². The molecule has 0 N–H and O–H groups in total. The Hall–Kier alpha value is -5.10. The number of benzene rings is 7. The SMILES string of the molecule is CC1(c2ccccc2-c2ccc3sc4cc5c(cc4c3c2)sc2ccccc25)CC=CC=C1c1ccc2sc3cc4c(cc3c2c1)sc1ccccc14. The van der Waals surface area contributed by atoms with Crippen LogP contribution in [0, 0.1) is 0 Å². The Bertz CT molecular complexity index is 3390. The number of hydrogen-bond donors (Lipinski definition) is 0. The van der Waals surface area contributed by atoms with Gasteiger partial charge < -0.3 is 0 Å². The average Bonchev–Trinajstić information content (AvgIpc) is 3.95. The lowest BCUT2D eigenvalue weighted by atomic mass is 9.67. The summed E-state index contributed by atoms with van der Waals surface area (Å²) in [4.78, 5) is 0. The smallest absolute Gasteiger partial charge is 0.0362 e. The third-order valence-electron chi connectivity index (χ3n) is 11.6. The average molecular weight is 747 g/mol. The third-order valence-corrected chi connectivity index (χ3v) is 16.1. The van der Waals surface area contributed by atoms with Crippen LogP contribution in [0.3, 0.4) is 0 Å². The molecule has 0 amide bonds. The molecule has 0 saturated carbocycles. The molecule has 1 atom stereocenters. The molecular weight excluding hydrogens is 717 g/mol. The Morgan fingerprint density at radius 2 is 0.868 bits per heavy atom. The van der Waals surface area contributed by atoms with Crippen LogP contribution in [0.2, 0.25) is 0 Å². The van der Waals surface area contributed by atoms with E-state index in [0.717, 1.165) is 6.42 Å². The minimum atomic E-state index is -0.196. The molecule has 1 aliphatic carbocycles. The van der Waals surface area contributed by atoms with Crippen LogP contribution in [-0.4, -0.2) is 0 Å². The van der Waals surface area contributed by atoms with Crippen LogP contribution < -0.4 is 0 Å². The maximum Gasteiger partial charge on any atom is 0.0362 e. The Kier molecular flexibility index (Phi) is 6.42. The Morgan fingerprint density at radius 1 is 0.415 bits per heavy atom. The third kappa shape index (κ3) is 4.44. The molecule has 53 heavy (non-hydrogen) atoms. The van der Waals surface area contributed by atoms with Gasteiger partial charge >= 0.3 is 0 Å². The van der Waals surface area contributed by atoms with Gasteiger partial charge in [0, 0.05) is 86.1 Å². The summed E-state index contributed by atoms with van der Waals surface area (Å²) in [6.07, 6.45) is 7.93. The van der Waals surface area contributed by atoms with Crippen molar-refractivity contribution in [3.63, 3.8) is 0 Å². The van der Waals surface area contributed by atoms with E-state index in [1.165, 1.54) is 109 Å². The van der Waals surface area contributed by atoms with E-state index in [9.17, 15) is 0 Å². The molecule has 11 aromatic rings. The molecule has 12 rings (SSSR count). The van der Waals surface area contributed by atoms with Gasteiger partial charge in [-0.1, -0.05) is 97.9 Å². The van der Waals surface area contributed by atoms with Crippen LogP contribution in [0.15, 0.2) is 152 Å². The van der Waals surface area contributed by atoms with Crippen LogP contribution in [0.1, 0.15) is 24.5 Å². The van der Waals surface area contributed by atoms with Gasteiger partial charge in [-0.05, 0) is 94.9 Å². The first-order valence-electron chi connectivity index (χ1n) is 18.1. The van der Waals surface area contributed by atoms with E-state index in [2.05, 4.69) is 159 Å². The summed E-state index contributed by atoms with van der Waals surface area (Å²) < 4.78 is 10.9. The molecule has 4 heteroatoms. The molecule has 250 valence electrons. The van der Waals surface area contributed by atoms with Crippen molar-refractivity contribution >= 4 is 132 Å². The van der Waals surface area contributed by atoms with E-state index in [4.69, 9.17) is 0 Å². The quantitative estimate of drug-likeness (QED) is 0.169. The molecule has 0 spiro atoms. The first kappa shape index (κ1) is 30.4. The number of fused-ring (bicyclic) bond motifs is 12. The highest BCUT2D eigenvalue weighted by Crippen LogP contribution is 2.50. The second-order valence-electron chi connectivity index (χ2n) is 14.6. The second-order valence-corrected chi connectivity index (χ2v) is 18.9. The highest BCUT2D eigenvalue weighted by molar-refractivity contribution is 7.28. The van der Waals surface area contributed by atoms with Gasteiger partial charge in [-0.15, -0.1) is 45.3 Å². The molecule has 0 saturated heterocycles. The molecule has 0 aliphatic heterocycles. The highest BCUT2D eigenvalue weighted by Gasteiger charge is 2.34. The molecule has 0 nitrogen and oxygen atoms in total. The lowest BCUT2D eigenvalue weighted by molar-refractivity contribution is 0.622. The van der Waals surface area contributed by atoms with E-state index in [-0.39, 0.29) is 5.41 Å². The minimum absolute atomic E-state index is 0.196. The first-order chi connectivity index (χ1) is 26.1. The maximum atomic E-state index is 2.47. The van der Waals surface area contributed by atoms with Crippen LogP contribution >= 0.6 is 45.3 Å². The largest absolute Gasteiger partial charge is 0.135 e. The number of rotatable bonds is 3. The first-order valence-corrected chi connectivity index (χ1v) is 21.4. The van der Waals surface area contributed by atoms with E-state index in [1.54, 1.807) is 0 Å². The van der Waals surface area contributed by atoms with Crippen LogP contribution in [0.5, 0.6) is 0 Å². The fourth-order valence-electron chi connectivity index (χ4n) is 8.97. The topological polar surface area (TPSA) is 0 Å². The molecular formula is C49H30S4. The summed E-state index contributed by atoms with van der Waals surface area (Å²) >= 11 is 7.64. The van der Waals surface area contributed by atoms with Crippen LogP contribution in [0.25, 0.3) is 97.4 Å².